The van der Waals surface area contributed by atoms with Crippen molar-refractivity contribution in [2.75, 3.05) is 0 Å². The van der Waals surface area contributed by atoms with Gasteiger partial charge in [0.2, 0.25) is 0 Å². The van der Waals surface area contributed by atoms with E-state index in [1.54, 1.807) is 0 Å². The zero-order valence-corrected chi connectivity index (χ0v) is 28.2. The molecule has 2 N–H and O–H groups in total. The van der Waals surface area contributed by atoms with Gasteiger partial charge in [-0.3, -0.25) is 0 Å². The van der Waals surface area contributed by atoms with Gasteiger partial charge in [0.15, 0.2) is 0 Å². The molecule has 0 fully saturated rings. The van der Waals surface area contributed by atoms with Gasteiger partial charge in [0.25, 0.3) is 0 Å². The van der Waals surface area contributed by atoms with E-state index in [4.69, 9.17) is 4.74 Å². The number of carbonyl (C=O) groups excluding carboxylic acids is 1. The molecule has 0 aliphatic carbocycles. The van der Waals surface area contributed by atoms with Crippen LogP contribution in [0.25, 0.3) is 0 Å². The fraction of sp³-hybridized carbons (Fsp3) is 0.921. The fourth-order valence-corrected chi connectivity index (χ4v) is 6.36. The number of aliphatic hydroxyl groups excluding tert-OH is 2. The van der Waals surface area contributed by atoms with Gasteiger partial charge in [0.05, 0.1) is 12.2 Å². The number of carbonyl (C=O) groups is 1. The lowest BCUT2D eigenvalue weighted by atomic mass is 9.99. The fourth-order valence-electron chi connectivity index (χ4n) is 6.36. The minimum Gasteiger partial charge on any atom is -0.455 e. The smallest absolute Gasteiger partial charge is 0.334 e. The van der Waals surface area contributed by atoms with E-state index in [1.807, 2.05) is 13.0 Å². The van der Waals surface area contributed by atoms with E-state index < -0.39 is 12.2 Å². The van der Waals surface area contributed by atoms with Gasteiger partial charge >= 0.3 is 5.97 Å². The predicted molar refractivity (Wildman–Crippen MR) is 180 cm³/mol. The molecule has 0 radical (unpaired) electrons. The van der Waals surface area contributed by atoms with E-state index in [2.05, 4.69) is 6.92 Å². The predicted octanol–water partition coefficient (Wildman–Crippen LogP) is 11.3. The SMILES string of the molecule is CCCCCCCCCCCCCCCCC[C@@H](O)[C@H](O)CCCCCCCCCCCCCCC1=CC(C)OC1=O. The number of hydrogen-bond acceptors (Lipinski definition) is 4. The summed E-state index contributed by atoms with van der Waals surface area (Å²) in [4.78, 5) is 11.6. The van der Waals surface area contributed by atoms with Crippen LogP contribution in [0.5, 0.6) is 0 Å². The second-order valence-corrected chi connectivity index (χ2v) is 13.5. The minimum atomic E-state index is -0.538. The molecule has 0 amide bonds. The van der Waals surface area contributed by atoms with Crippen LogP contribution in [-0.4, -0.2) is 34.5 Å². The summed E-state index contributed by atoms with van der Waals surface area (Å²) in [5, 5.41) is 20.6. The molecule has 0 aromatic heterocycles. The van der Waals surface area contributed by atoms with Crippen LogP contribution in [-0.2, 0) is 9.53 Å². The quantitative estimate of drug-likeness (QED) is 0.0602. The van der Waals surface area contributed by atoms with Gasteiger partial charge in [0, 0.05) is 5.57 Å². The Morgan fingerprint density at radius 2 is 0.857 bits per heavy atom. The largest absolute Gasteiger partial charge is 0.455 e. The van der Waals surface area contributed by atoms with Gasteiger partial charge < -0.3 is 14.9 Å². The lowest BCUT2D eigenvalue weighted by molar-refractivity contribution is -0.139. The molecule has 0 saturated heterocycles. The Bertz CT molecular complexity index is 631. The summed E-state index contributed by atoms with van der Waals surface area (Å²) in [6.07, 6.45) is 38.5. The molecule has 0 aromatic rings. The van der Waals surface area contributed by atoms with Gasteiger partial charge in [-0.05, 0) is 38.7 Å². The van der Waals surface area contributed by atoms with Crippen molar-refractivity contribution in [1.82, 2.24) is 0 Å². The van der Waals surface area contributed by atoms with Crippen molar-refractivity contribution >= 4 is 5.97 Å². The first-order valence-electron chi connectivity index (χ1n) is 18.8. The Labute approximate surface area is 261 Å². The molecule has 0 aromatic carbocycles. The molecule has 1 rings (SSSR count). The topological polar surface area (TPSA) is 66.8 Å². The zero-order valence-electron chi connectivity index (χ0n) is 28.2. The molecule has 1 unspecified atom stereocenters. The Kier molecular flexibility index (Phi) is 26.9. The number of esters is 1. The maximum absolute atomic E-state index is 11.6. The van der Waals surface area contributed by atoms with Crippen molar-refractivity contribution in [3.05, 3.63) is 11.6 Å². The average Bonchev–Trinajstić information content (AvgIpc) is 3.31. The molecule has 4 heteroatoms. The summed E-state index contributed by atoms with van der Waals surface area (Å²) in [7, 11) is 0. The number of ether oxygens (including phenoxy) is 1. The highest BCUT2D eigenvalue weighted by molar-refractivity contribution is 5.90. The third kappa shape index (κ3) is 23.6. The highest BCUT2D eigenvalue weighted by Gasteiger charge is 2.21. The van der Waals surface area contributed by atoms with Crippen LogP contribution < -0.4 is 0 Å². The molecular weight excluding hydrogens is 520 g/mol. The lowest BCUT2D eigenvalue weighted by Gasteiger charge is -2.17. The maximum atomic E-state index is 11.6. The van der Waals surface area contributed by atoms with Crippen LogP contribution in [0.2, 0.25) is 0 Å². The lowest BCUT2D eigenvalue weighted by Crippen LogP contribution is -2.25. The monoisotopic (exact) mass is 593 g/mol. The third-order valence-corrected chi connectivity index (χ3v) is 9.23. The van der Waals surface area contributed by atoms with Crippen LogP contribution in [0.4, 0.5) is 0 Å². The van der Waals surface area contributed by atoms with Crippen molar-refractivity contribution in [1.29, 1.82) is 0 Å². The first-order valence-corrected chi connectivity index (χ1v) is 18.8. The Morgan fingerprint density at radius 3 is 1.17 bits per heavy atom. The summed E-state index contributed by atoms with van der Waals surface area (Å²) in [6, 6.07) is 0. The Hall–Kier alpha value is -0.870. The zero-order chi connectivity index (χ0) is 30.5. The average molecular weight is 593 g/mol. The first kappa shape index (κ1) is 39.2. The van der Waals surface area contributed by atoms with Crippen LogP contribution in [0.15, 0.2) is 11.6 Å². The molecule has 42 heavy (non-hydrogen) atoms. The number of rotatable bonds is 32. The van der Waals surface area contributed by atoms with E-state index in [0.29, 0.717) is 0 Å². The standard InChI is InChI=1S/C38H72O4/c1-3-4-5-6-7-8-9-10-11-12-16-19-22-25-28-31-36(39)37(40)32-29-26-23-20-17-14-13-15-18-21-24-27-30-35-33-34(2)42-38(35)41/h33-34,36-37,39-40H,3-32H2,1-2H3/t34?,36-,37-/m1/s1. The maximum Gasteiger partial charge on any atom is 0.334 e. The normalized spacial score (nSPS) is 16.5. The van der Waals surface area contributed by atoms with Gasteiger partial charge in [-0.1, -0.05) is 174 Å². The summed E-state index contributed by atoms with van der Waals surface area (Å²) < 4.78 is 5.15. The Morgan fingerprint density at radius 1 is 0.548 bits per heavy atom. The van der Waals surface area contributed by atoms with E-state index in [0.717, 1.165) is 44.1 Å². The Balaban J connectivity index is 1.75. The molecule has 1 aliphatic rings. The molecule has 3 atom stereocenters. The van der Waals surface area contributed by atoms with Crippen LogP contribution in [0.3, 0.4) is 0 Å². The molecule has 0 bridgehead atoms. The van der Waals surface area contributed by atoms with Crippen LogP contribution in [0, 0.1) is 0 Å². The molecule has 4 nitrogen and oxygen atoms in total. The molecule has 1 heterocycles. The highest BCUT2D eigenvalue weighted by Crippen LogP contribution is 2.21. The second kappa shape index (κ2) is 28.9. The summed E-state index contributed by atoms with van der Waals surface area (Å²) >= 11 is 0. The van der Waals surface area contributed by atoms with E-state index >= 15 is 0 Å². The van der Waals surface area contributed by atoms with Crippen molar-refractivity contribution in [3.63, 3.8) is 0 Å². The minimum absolute atomic E-state index is 0.0366. The number of unbranched alkanes of at least 4 members (excludes halogenated alkanes) is 25. The van der Waals surface area contributed by atoms with Crippen molar-refractivity contribution in [2.45, 2.75) is 225 Å². The molecule has 0 saturated carbocycles. The molecule has 248 valence electrons. The third-order valence-electron chi connectivity index (χ3n) is 9.23. The molecule has 0 spiro atoms. The van der Waals surface area contributed by atoms with Crippen LogP contribution in [0.1, 0.15) is 206 Å². The van der Waals surface area contributed by atoms with E-state index in [1.165, 1.54) is 154 Å². The summed E-state index contributed by atoms with van der Waals surface area (Å²) in [5.41, 5.74) is 0.878. The van der Waals surface area contributed by atoms with Gasteiger partial charge in [-0.2, -0.15) is 0 Å². The van der Waals surface area contributed by atoms with Crippen molar-refractivity contribution in [3.8, 4) is 0 Å². The number of cyclic esters (lactones) is 1. The first-order chi connectivity index (χ1) is 20.5. The second-order valence-electron chi connectivity index (χ2n) is 13.5. The van der Waals surface area contributed by atoms with E-state index in [-0.39, 0.29) is 12.1 Å². The molecular formula is C38H72O4. The number of hydrogen-bond donors (Lipinski definition) is 2. The van der Waals surface area contributed by atoms with Crippen molar-refractivity contribution in [2.24, 2.45) is 0 Å². The van der Waals surface area contributed by atoms with Crippen molar-refractivity contribution < 1.29 is 19.7 Å². The number of aliphatic hydroxyl groups is 2. The van der Waals surface area contributed by atoms with Gasteiger partial charge in [-0.25, -0.2) is 4.79 Å². The van der Waals surface area contributed by atoms with Gasteiger partial charge in [0.1, 0.15) is 6.10 Å². The highest BCUT2D eigenvalue weighted by atomic mass is 16.5. The summed E-state index contributed by atoms with van der Waals surface area (Å²) in [6.45, 7) is 4.20. The molecule has 1 aliphatic heterocycles. The summed E-state index contributed by atoms with van der Waals surface area (Å²) in [5.74, 6) is -0.109. The van der Waals surface area contributed by atoms with Crippen LogP contribution >= 0.6 is 0 Å². The van der Waals surface area contributed by atoms with E-state index in [9.17, 15) is 15.0 Å². The van der Waals surface area contributed by atoms with Gasteiger partial charge in [-0.15, -0.1) is 0 Å².